The maximum atomic E-state index is 13.7. The summed E-state index contributed by atoms with van der Waals surface area (Å²) in [7, 11) is 0. The third kappa shape index (κ3) is 7.69. The van der Waals surface area contributed by atoms with Gasteiger partial charge < -0.3 is 15.5 Å². The number of carboxylic acid groups (broad SMARTS) is 2. The molecule has 1 fully saturated rings. The van der Waals surface area contributed by atoms with Crippen molar-refractivity contribution in [3.63, 3.8) is 0 Å². The quantitative estimate of drug-likeness (QED) is 0.615. The number of para-hydroxylation sites is 1. The Hall–Kier alpha value is -3.16. The highest BCUT2D eigenvalue weighted by atomic mass is 19.4. The molecule has 166 valence electrons. The second-order valence-electron chi connectivity index (χ2n) is 5.60. The number of carboxylic acids is 2. The number of hydrogen-bond acceptors (Lipinski definition) is 4. The number of halogens is 7. The Morgan fingerprint density at radius 1 is 0.967 bits per heavy atom. The van der Waals surface area contributed by atoms with Crippen LogP contribution in [0.5, 0.6) is 0 Å². The first-order chi connectivity index (χ1) is 13.7. The van der Waals surface area contributed by atoms with Crippen LogP contribution < -0.4 is 5.32 Å². The van der Waals surface area contributed by atoms with Crippen molar-refractivity contribution in [1.82, 2.24) is 15.1 Å². The van der Waals surface area contributed by atoms with Crippen LogP contribution in [0.25, 0.3) is 5.69 Å². The maximum Gasteiger partial charge on any atom is 0.490 e. The van der Waals surface area contributed by atoms with Gasteiger partial charge in [-0.05, 0) is 12.1 Å². The van der Waals surface area contributed by atoms with Crippen LogP contribution in [0.2, 0.25) is 0 Å². The summed E-state index contributed by atoms with van der Waals surface area (Å²) < 4.78 is 78.7. The summed E-state index contributed by atoms with van der Waals surface area (Å²) in [5, 5.41) is 21.7. The zero-order valence-corrected chi connectivity index (χ0v) is 14.7. The summed E-state index contributed by atoms with van der Waals surface area (Å²) >= 11 is 0. The van der Waals surface area contributed by atoms with Crippen LogP contribution >= 0.6 is 0 Å². The Morgan fingerprint density at radius 3 is 1.73 bits per heavy atom. The normalized spacial score (nSPS) is 13.8. The van der Waals surface area contributed by atoms with Gasteiger partial charge in [0.25, 0.3) is 0 Å². The van der Waals surface area contributed by atoms with E-state index >= 15 is 0 Å². The molecule has 1 aliphatic heterocycles. The monoisotopic (exact) mass is 445 g/mol. The van der Waals surface area contributed by atoms with Crippen LogP contribution in [0.3, 0.4) is 0 Å². The summed E-state index contributed by atoms with van der Waals surface area (Å²) in [6.45, 7) is 1.64. The van der Waals surface area contributed by atoms with E-state index in [1.807, 2.05) is 30.3 Å². The molecule has 14 heteroatoms. The molecule has 0 radical (unpaired) electrons. The molecule has 0 unspecified atom stereocenters. The van der Waals surface area contributed by atoms with Crippen molar-refractivity contribution in [2.75, 3.05) is 13.1 Å². The minimum atomic E-state index is -5.08. The van der Waals surface area contributed by atoms with Crippen molar-refractivity contribution in [2.45, 2.75) is 18.3 Å². The van der Waals surface area contributed by atoms with Crippen LogP contribution in [0.4, 0.5) is 30.7 Å². The Morgan fingerprint density at radius 2 is 1.40 bits per heavy atom. The van der Waals surface area contributed by atoms with Gasteiger partial charge in [0.1, 0.15) is 5.69 Å². The van der Waals surface area contributed by atoms with E-state index in [1.165, 1.54) is 6.20 Å². The van der Waals surface area contributed by atoms with Gasteiger partial charge in [0, 0.05) is 19.0 Å². The molecule has 0 amide bonds. The van der Waals surface area contributed by atoms with Gasteiger partial charge in [0.2, 0.25) is 0 Å². The molecule has 3 rings (SSSR count). The summed E-state index contributed by atoms with van der Waals surface area (Å²) in [6.07, 6.45) is -8.72. The summed E-state index contributed by atoms with van der Waals surface area (Å²) in [5.74, 6) is -5.50. The summed E-state index contributed by atoms with van der Waals surface area (Å²) in [5.41, 5.74) is 1.46. The molecule has 7 nitrogen and oxygen atoms in total. The number of aromatic nitrogens is 2. The second kappa shape index (κ2) is 10.0. The lowest BCUT2D eigenvalue weighted by molar-refractivity contribution is -0.193. The molecule has 1 aliphatic rings. The molecule has 2 heterocycles. The fourth-order valence-electron chi connectivity index (χ4n) is 1.84. The minimum Gasteiger partial charge on any atom is -0.475 e. The second-order valence-corrected chi connectivity index (χ2v) is 5.60. The van der Waals surface area contributed by atoms with Crippen molar-refractivity contribution in [2.24, 2.45) is 0 Å². The highest BCUT2D eigenvalue weighted by molar-refractivity contribution is 5.73. The molecule has 3 N–H and O–H groups in total. The standard InChI is InChI=1S/C12H12FN3.2C2HF3O2/c13-11-8-16(10-4-2-1-3-5-10)15-12(11)9-6-14-7-9;2*3-2(4,5)1(6)7/h1-5,8-9,14H,6-7H2;2*(H,6,7). The van der Waals surface area contributed by atoms with Crippen molar-refractivity contribution < 1.29 is 50.5 Å². The van der Waals surface area contributed by atoms with Crippen LogP contribution in [0, 0.1) is 5.82 Å². The van der Waals surface area contributed by atoms with Crippen molar-refractivity contribution in [1.29, 1.82) is 0 Å². The van der Waals surface area contributed by atoms with E-state index in [4.69, 9.17) is 19.8 Å². The molecule has 0 aliphatic carbocycles. The van der Waals surface area contributed by atoms with Gasteiger partial charge in [-0.3, -0.25) is 0 Å². The van der Waals surface area contributed by atoms with Gasteiger partial charge in [-0.25, -0.2) is 18.7 Å². The first-order valence-corrected chi connectivity index (χ1v) is 7.85. The van der Waals surface area contributed by atoms with E-state index in [0.29, 0.717) is 5.69 Å². The Kier molecular flexibility index (Phi) is 8.33. The number of alkyl halides is 6. The highest BCUT2D eigenvalue weighted by Gasteiger charge is 2.38. The third-order valence-corrected chi connectivity index (χ3v) is 3.37. The Balaban J connectivity index is 0.000000271. The predicted molar refractivity (Wildman–Crippen MR) is 86.5 cm³/mol. The molecule has 0 spiro atoms. The van der Waals surface area contributed by atoms with Gasteiger partial charge >= 0.3 is 24.3 Å². The van der Waals surface area contributed by atoms with Crippen LogP contribution in [0.1, 0.15) is 11.6 Å². The average molecular weight is 445 g/mol. The molecule has 1 aromatic heterocycles. The molecule has 1 aromatic carbocycles. The smallest absolute Gasteiger partial charge is 0.475 e. The van der Waals surface area contributed by atoms with E-state index in [-0.39, 0.29) is 11.7 Å². The molecule has 30 heavy (non-hydrogen) atoms. The third-order valence-electron chi connectivity index (χ3n) is 3.37. The lowest BCUT2D eigenvalue weighted by atomic mass is 10.00. The first-order valence-electron chi connectivity index (χ1n) is 7.85. The van der Waals surface area contributed by atoms with Gasteiger partial charge in [0.15, 0.2) is 5.82 Å². The lowest BCUT2D eigenvalue weighted by Gasteiger charge is -2.25. The SMILES string of the molecule is Fc1cn(-c2ccccc2)nc1C1CNC1.O=C(O)C(F)(F)F.O=C(O)C(F)(F)F. The zero-order chi connectivity index (χ0) is 23.1. The Bertz CT molecular complexity index is 823. The van der Waals surface area contributed by atoms with Gasteiger partial charge in [-0.2, -0.15) is 31.4 Å². The average Bonchev–Trinajstić information content (AvgIpc) is 2.95. The molecular weight excluding hydrogens is 431 g/mol. The molecule has 1 saturated heterocycles. The number of nitrogens with zero attached hydrogens (tertiary/aromatic N) is 2. The Labute approximate surface area is 163 Å². The van der Waals surface area contributed by atoms with E-state index < -0.39 is 24.3 Å². The number of nitrogens with one attached hydrogen (secondary N) is 1. The number of rotatable bonds is 2. The van der Waals surface area contributed by atoms with Crippen molar-refractivity contribution >= 4 is 11.9 Å². The minimum absolute atomic E-state index is 0.213. The molecular formula is C16H14F7N3O4. The van der Waals surface area contributed by atoms with E-state index in [0.717, 1.165) is 18.8 Å². The molecule has 0 bridgehead atoms. The summed E-state index contributed by atoms with van der Waals surface area (Å²) in [6, 6.07) is 9.59. The van der Waals surface area contributed by atoms with E-state index in [2.05, 4.69) is 10.4 Å². The molecule has 0 atom stereocenters. The molecule has 0 saturated carbocycles. The summed E-state index contributed by atoms with van der Waals surface area (Å²) in [4.78, 5) is 17.8. The molecule has 2 aromatic rings. The van der Waals surface area contributed by atoms with Crippen molar-refractivity contribution in [3.05, 3.63) is 48.0 Å². The fourth-order valence-corrected chi connectivity index (χ4v) is 1.84. The zero-order valence-electron chi connectivity index (χ0n) is 14.7. The van der Waals surface area contributed by atoms with Crippen LogP contribution in [-0.2, 0) is 9.59 Å². The lowest BCUT2D eigenvalue weighted by Crippen LogP contribution is -2.40. The predicted octanol–water partition coefficient (Wildman–Crippen LogP) is 2.96. The van der Waals surface area contributed by atoms with Gasteiger partial charge in [-0.1, -0.05) is 18.2 Å². The van der Waals surface area contributed by atoms with Crippen LogP contribution in [-0.4, -0.2) is 57.4 Å². The van der Waals surface area contributed by atoms with Crippen LogP contribution in [0.15, 0.2) is 36.5 Å². The van der Waals surface area contributed by atoms with E-state index in [9.17, 15) is 30.7 Å². The number of aliphatic carboxylic acids is 2. The van der Waals surface area contributed by atoms with Gasteiger partial charge in [0.05, 0.1) is 11.9 Å². The first kappa shape index (κ1) is 24.9. The maximum absolute atomic E-state index is 13.7. The highest BCUT2D eigenvalue weighted by Crippen LogP contribution is 2.22. The number of hydrogen-bond donors (Lipinski definition) is 3. The fraction of sp³-hybridized carbons (Fsp3) is 0.312. The van der Waals surface area contributed by atoms with E-state index in [1.54, 1.807) is 4.68 Å². The topological polar surface area (TPSA) is 104 Å². The largest absolute Gasteiger partial charge is 0.490 e. The number of carbonyl (C=O) groups is 2. The van der Waals surface area contributed by atoms with Gasteiger partial charge in [-0.15, -0.1) is 0 Å². The number of benzene rings is 1. The van der Waals surface area contributed by atoms with Crippen molar-refractivity contribution in [3.8, 4) is 5.69 Å².